The van der Waals surface area contributed by atoms with Crippen LogP contribution in [0, 0.1) is 0 Å². The van der Waals surface area contributed by atoms with Crippen molar-refractivity contribution in [1.29, 1.82) is 0 Å². The van der Waals surface area contributed by atoms with E-state index in [1.165, 1.54) is 0 Å². The first-order valence-corrected chi connectivity index (χ1v) is 11.3. The minimum Gasteiger partial charge on any atom is -0.286 e. The number of fused-ring (bicyclic) bond motifs is 1. The zero-order valence-electron chi connectivity index (χ0n) is 12.6. The molecule has 0 bridgehead atoms. The Bertz CT molecular complexity index is 989. The van der Waals surface area contributed by atoms with E-state index in [1.54, 1.807) is 22.7 Å². The van der Waals surface area contributed by atoms with Crippen molar-refractivity contribution in [2.45, 2.75) is 13.0 Å². The highest BCUT2D eigenvalue weighted by molar-refractivity contribution is 9.10. The smallest absolute Gasteiger partial charge is 0.265 e. The summed E-state index contributed by atoms with van der Waals surface area (Å²) in [6, 6.07) is 10.1. The molecule has 2 heterocycles. The summed E-state index contributed by atoms with van der Waals surface area (Å²) in [5, 5.41) is 3.08. The van der Waals surface area contributed by atoms with E-state index in [9.17, 15) is 8.42 Å². The molecule has 0 aliphatic rings. The van der Waals surface area contributed by atoms with Crippen LogP contribution in [-0.2, 0) is 16.7 Å². The molecule has 3 aromatic rings. The van der Waals surface area contributed by atoms with Crippen molar-refractivity contribution < 1.29 is 17.5 Å². The molecular formula is C16H15BrNO3S3+. The maximum absolute atomic E-state index is 11.0. The zero-order valence-corrected chi connectivity index (χ0v) is 16.6. The Balaban J connectivity index is 1.91. The van der Waals surface area contributed by atoms with Crippen molar-refractivity contribution in [3.05, 3.63) is 50.1 Å². The second kappa shape index (κ2) is 7.45. The first kappa shape index (κ1) is 17.8. The predicted molar refractivity (Wildman–Crippen MR) is 104 cm³/mol. The average Bonchev–Trinajstić information content (AvgIpc) is 3.08. The first-order valence-electron chi connectivity index (χ1n) is 7.21. The summed E-state index contributed by atoms with van der Waals surface area (Å²) in [5.74, 6) is -0.231. The van der Waals surface area contributed by atoms with E-state index in [-0.39, 0.29) is 5.75 Å². The molecular weight excluding hydrogens is 430 g/mol. The predicted octanol–water partition coefficient (Wildman–Crippen LogP) is 4.46. The number of rotatable bonds is 6. The molecule has 4 nitrogen and oxygen atoms in total. The van der Waals surface area contributed by atoms with Crippen LogP contribution in [0.2, 0.25) is 0 Å². The molecule has 1 N–H and O–H groups in total. The lowest BCUT2D eigenvalue weighted by molar-refractivity contribution is -0.668. The van der Waals surface area contributed by atoms with Crippen LogP contribution in [-0.4, -0.2) is 18.7 Å². The fourth-order valence-electron chi connectivity index (χ4n) is 2.38. The van der Waals surface area contributed by atoms with Gasteiger partial charge in [0.25, 0.3) is 15.1 Å². The number of benzene rings is 1. The number of para-hydroxylation sites is 1. The third kappa shape index (κ3) is 4.52. The van der Waals surface area contributed by atoms with E-state index in [0.717, 1.165) is 24.6 Å². The number of hydrogen-bond donors (Lipinski definition) is 1. The third-order valence-electron chi connectivity index (χ3n) is 3.40. The molecule has 126 valence electrons. The van der Waals surface area contributed by atoms with Gasteiger partial charge in [0, 0.05) is 33.3 Å². The molecule has 0 spiro atoms. The lowest BCUT2D eigenvalue weighted by Gasteiger charge is -1.97. The molecule has 0 saturated heterocycles. The molecule has 0 fully saturated rings. The lowest BCUT2D eigenvalue weighted by atomic mass is 10.3. The molecule has 0 atom stereocenters. The fourth-order valence-corrected chi connectivity index (χ4v) is 5.30. The summed E-state index contributed by atoms with van der Waals surface area (Å²) in [6.07, 6.45) is 4.48. The Kier molecular flexibility index (Phi) is 5.51. The van der Waals surface area contributed by atoms with Gasteiger partial charge in [-0.15, -0.1) is 11.3 Å². The average molecular weight is 445 g/mol. The Hall–Kier alpha value is -1.06. The molecule has 0 aliphatic carbocycles. The highest BCUT2D eigenvalue weighted by Gasteiger charge is 2.19. The van der Waals surface area contributed by atoms with Crippen LogP contribution in [0.5, 0.6) is 0 Å². The van der Waals surface area contributed by atoms with Gasteiger partial charge in [-0.25, -0.2) is 0 Å². The molecule has 8 heteroatoms. The van der Waals surface area contributed by atoms with E-state index >= 15 is 0 Å². The van der Waals surface area contributed by atoms with Gasteiger partial charge in [-0.2, -0.15) is 13.0 Å². The van der Waals surface area contributed by atoms with Crippen molar-refractivity contribution in [2.24, 2.45) is 0 Å². The Labute approximate surface area is 157 Å². The minimum atomic E-state index is -3.93. The van der Waals surface area contributed by atoms with Crippen molar-refractivity contribution in [3.63, 3.8) is 0 Å². The van der Waals surface area contributed by atoms with E-state index in [2.05, 4.69) is 44.8 Å². The second-order valence-electron chi connectivity index (χ2n) is 5.20. The summed E-state index contributed by atoms with van der Waals surface area (Å²) in [4.78, 5) is 1.14. The molecule has 24 heavy (non-hydrogen) atoms. The fraction of sp³-hybridized carbons (Fsp3) is 0.188. The number of thiazole rings is 1. The number of halogens is 1. The topological polar surface area (TPSA) is 58.3 Å². The summed E-state index contributed by atoms with van der Waals surface area (Å²) < 4.78 is 35.1. The standard InChI is InChI=1S/C16H14BrNO3S3/c17-12-10-13(22-11-12)6-7-16-18(8-3-9-24(19,20)21)14-4-1-2-5-15(14)23-16/h1-2,4-7,10-11H,3,8-9H2/p+1/b7-6+. The molecule has 0 aliphatic heterocycles. The Morgan fingerprint density at radius 3 is 2.75 bits per heavy atom. The largest absolute Gasteiger partial charge is 0.286 e. The molecule has 0 radical (unpaired) electrons. The van der Waals surface area contributed by atoms with Gasteiger partial charge in [0.2, 0.25) is 5.52 Å². The van der Waals surface area contributed by atoms with Gasteiger partial charge < -0.3 is 0 Å². The van der Waals surface area contributed by atoms with Crippen LogP contribution in [0.4, 0.5) is 0 Å². The van der Waals surface area contributed by atoms with Gasteiger partial charge >= 0.3 is 0 Å². The van der Waals surface area contributed by atoms with Crippen molar-refractivity contribution in [2.75, 3.05) is 5.75 Å². The van der Waals surface area contributed by atoms with Gasteiger partial charge in [0.15, 0.2) is 6.54 Å². The van der Waals surface area contributed by atoms with Gasteiger partial charge in [-0.3, -0.25) is 4.55 Å². The van der Waals surface area contributed by atoms with Crippen molar-refractivity contribution >= 4 is 71.1 Å². The molecule has 2 aromatic heterocycles. The van der Waals surface area contributed by atoms with Gasteiger partial charge in [-0.1, -0.05) is 23.5 Å². The first-order chi connectivity index (χ1) is 11.4. The van der Waals surface area contributed by atoms with Crippen molar-refractivity contribution in [3.8, 4) is 0 Å². The van der Waals surface area contributed by atoms with Crippen molar-refractivity contribution in [1.82, 2.24) is 0 Å². The van der Waals surface area contributed by atoms with E-state index in [1.807, 2.05) is 23.6 Å². The molecule has 0 saturated carbocycles. The number of aromatic nitrogens is 1. The highest BCUT2D eigenvalue weighted by Crippen LogP contribution is 2.25. The number of hydrogen-bond acceptors (Lipinski definition) is 4. The van der Waals surface area contributed by atoms with E-state index in [4.69, 9.17) is 4.55 Å². The van der Waals surface area contributed by atoms with E-state index < -0.39 is 10.1 Å². The Morgan fingerprint density at radius 1 is 1.25 bits per heavy atom. The summed E-state index contributed by atoms with van der Waals surface area (Å²) >= 11 is 6.76. The highest BCUT2D eigenvalue weighted by atomic mass is 79.9. The maximum atomic E-state index is 11.0. The van der Waals surface area contributed by atoms with Crippen LogP contribution in [0.25, 0.3) is 22.4 Å². The van der Waals surface area contributed by atoms with Gasteiger partial charge in [-0.05, 0) is 34.1 Å². The lowest BCUT2D eigenvalue weighted by Crippen LogP contribution is -2.35. The number of nitrogens with zero attached hydrogens (tertiary/aromatic N) is 1. The van der Waals surface area contributed by atoms with Gasteiger partial charge in [0.1, 0.15) is 4.70 Å². The SMILES string of the molecule is O=S(=O)(O)CCC[n+]1c(/C=C/c2cc(Br)cs2)sc2ccccc21. The Morgan fingerprint density at radius 2 is 2.04 bits per heavy atom. The molecule has 0 amide bonds. The maximum Gasteiger partial charge on any atom is 0.265 e. The second-order valence-corrected chi connectivity index (χ2v) is 9.69. The molecule has 3 rings (SSSR count). The number of aryl methyl sites for hydroxylation is 1. The van der Waals surface area contributed by atoms with Crippen LogP contribution < -0.4 is 4.57 Å². The van der Waals surface area contributed by atoms with E-state index in [0.29, 0.717) is 13.0 Å². The number of thiophene rings is 1. The van der Waals surface area contributed by atoms with Crippen LogP contribution >= 0.6 is 38.6 Å². The summed E-state index contributed by atoms with van der Waals surface area (Å²) in [5.41, 5.74) is 1.07. The monoisotopic (exact) mass is 444 g/mol. The van der Waals surface area contributed by atoms with Gasteiger partial charge in [0.05, 0.1) is 5.75 Å². The summed E-state index contributed by atoms with van der Waals surface area (Å²) in [7, 11) is -3.93. The zero-order chi connectivity index (χ0) is 17.2. The summed E-state index contributed by atoms with van der Waals surface area (Å²) in [6.45, 7) is 0.539. The van der Waals surface area contributed by atoms with Crippen LogP contribution in [0.3, 0.4) is 0 Å². The van der Waals surface area contributed by atoms with Crippen LogP contribution in [0.15, 0.2) is 40.2 Å². The minimum absolute atomic E-state index is 0.231. The quantitative estimate of drug-likeness (QED) is 0.450. The third-order valence-corrected chi connectivity index (χ3v) is 6.99. The normalized spacial score (nSPS) is 12.4. The molecule has 1 aromatic carbocycles. The molecule has 0 unspecified atom stereocenters. The van der Waals surface area contributed by atoms with Crippen LogP contribution in [0.1, 0.15) is 16.3 Å².